The molecule has 0 bridgehead atoms. The Bertz CT molecular complexity index is 963. The fraction of sp³-hybridized carbons (Fsp3) is 0.273. The summed E-state index contributed by atoms with van der Waals surface area (Å²) in [7, 11) is 6.51. The molecular formula is C22H25N3O4. The number of aromatic nitrogens is 2. The van der Waals surface area contributed by atoms with Gasteiger partial charge in [-0.3, -0.25) is 0 Å². The third kappa shape index (κ3) is 4.87. The fourth-order valence-corrected chi connectivity index (χ4v) is 2.96. The second-order valence-corrected chi connectivity index (χ2v) is 6.20. The van der Waals surface area contributed by atoms with Gasteiger partial charge in [0.15, 0.2) is 11.5 Å². The minimum Gasteiger partial charge on any atom is -0.497 e. The molecule has 0 unspecified atom stereocenters. The van der Waals surface area contributed by atoms with E-state index in [4.69, 9.17) is 18.9 Å². The van der Waals surface area contributed by atoms with E-state index in [1.807, 2.05) is 42.5 Å². The van der Waals surface area contributed by atoms with Crippen molar-refractivity contribution in [2.45, 2.75) is 6.42 Å². The Hall–Kier alpha value is -3.48. The molecule has 1 aromatic heterocycles. The van der Waals surface area contributed by atoms with Gasteiger partial charge in [-0.05, 0) is 42.3 Å². The van der Waals surface area contributed by atoms with Crippen LogP contribution in [0.5, 0.6) is 23.0 Å². The number of nitrogens with one attached hydrogen (secondary N) is 1. The average molecular weight is 395 g/mol. The third-order valence-corrected chi connectivity index (χ3v) is 4.48. The van der Waals surface area contributed by atoms with Gasteiger partial charge in [-0.25, -0.2) is 9.97 Å². The van der Waals surface area contributed by atoms with E-state index >= 15 is 0 Å². The number of benzene rings is 2. The first-order chi connectivity index (χ1) is 14.2. The van der Waals surface area contributed by atoms with Gasteiger partial charge in [-0.15, -0.1) is 0 Å². The monoisotopic (exact) mass is 395 g/mol. The lowest BCUT2D eigenvalue weighted by Crippen LogP contribution is -2.08. The Morgan fingerprint density at radius 3 is 2.31 bits per heavy atom. The molecule has 0 spiro atoms. The predicted molar refractivity (Wildman–Crippen MR) is 112 cm³/mol. The van der Waals surface area contributed by atoms with Crippen molar-refractivity contribution < 1.29 is 18.9 Å². The van der Waals surface area contributed by atoms with E-state index in [2.05, 4.69) is 15.3 Å². The number of nitrogens with zero attached hydrogens (tertiary/aromatic N) is 2. The zero-order valence-electron chi connectivity index (χ0n) is 17.1. The van der Waals surface area contributed by atoms with Crippen molar-refractivity contribution in [3.63, 3.8) is 0 Å². The average Bonchev–Trinajstić information content (AvgIpc) is 2.78. The molecule has 0 aliphatic carbocycles. The fourth-order valence-electron chi connectivity index (χ4n) is 2.96. The molecule has 7 nitrogen and oxygen atoms in total. The molecule has 7 heteroatoms. The molecule has 1 heterocycles. The van der Waals surface area contributed by atoms with E-state index in [1.54, 1.807) is 34.6 Å². The number of methoxy groups -OCH3 is 4. The van der Waals surface area contributed by atoms with Crippen LogP contribution in [0.4, 0.5) is 5.95 Å². The molecule has 0 atom stereocenters. The minimum absolute atomic E-state index is 0.556. The highest BCUT2D eigenvalue weighted by Gasteiger charge is 2.10. The number of hydrogen-bond acceptors (Lipinski definition) is 7. The zero-order chi connectivity index (χ0) is 20.6. The van der Waals surface area contributed by atoms with Crippen LogP contribution in [0.25, 0.3) is 11.3 Å². The summed E-state index contributed by atoms with van der Waals surface area (Å²) in [6, 6.07) is 13.4. The highest BCUT2D eigenvalue weighted by atomic mass is 16.5. The summed E-state index contributed by atoms with van der Waals surface area (Å²) in [6.07, 6.45) is 2.52. The Morgan fingerprint density at radius 1 is 0.793 bits per heavy atom. The van der Waals surface area contributed by atoms with Gasteiger partial charge < -0.3 is 24.3 Å². The van der Waals surface area contributed by atoms with Crippen LogP contribution < -0.4 is 24.3 Å². The normalized spacial score (nSPS) is 10.3. The predicted octanol–water partition coefficient (Wildman–Crippen LogP) is 3.83. The first kappa shape index (κ1) is 20.3. The molecular weight excluding hydrogens is 370 g/mol. The summed E-state index contributed by atoms with van der Waals surface area (Å²) in [5, 5.41) is 3.27. The van der Waals surface area contributed by atoms with Gasteiger partial charge in [0.25, 0.3) is 0 Å². The number of rotatable bonds is 9. The van der Waals surface area contributed by atoms with Crippen LogP contribution in [0.2, 0.25) is 0 Å². The topological polar surface area (TPSA) is 74.7 Å². The lowest BCUT2D eigenvalue weighted by molar-refractivity contribution is 0.354. The number of ether oxygens (including phenoxy) is 4. The summed E-state index contributed by atoms with van der Waals surface area (Å²) >= 11 is 0. The van der Waals surface area contributed by atoms with Crippen molar-refractivity contribution >= 4 is 5.95 Å². The summed E-state index contributed by atoms with van der Waals surface area (Å²) < 4.78 is 21.4. The van der Waals surface area contributed by atoms with E-state index in [9.17, 15) is 0 Å². The lowest BCUT2D eigenvalue weighted by atomic mass is 10.1. The molecule has 0 radical (unpaired) electrons. The third-order valence-electron chi connectivity index (χ3n) is 4.48. The lowest BCUT2D eigenvalue weighted by Gasteiger charge is -2.12. The molecule has 0 saturated carbocycles. The van der Waals surface area contributed by atoms with Crippen LogP contribution in [0, 0.1) is 0 Å². The van der Waals surface area contributed by atoms with Gasteiger partial charge in [-0.1, -0.05) is 6.07 Å². The van der Waals surface area contributed by atoms with Gasteiger partial charge in [0.05, 0.1) is 34.1 Å². The number of anilines is 1. The molecule has 0 amide bonds. The van der Waals surface area contributed by atoms with Gasteiger partial charge in [-0.2, -0.15) is 0 Å². The second kappa shape index (κ2) is 9.64. The van der Waals surface area contributed by atoms with Crippen LogP contribution in [0.1, 0.15) is 5.56 Å². The standard InChI is InChI=1S/C22H25N3O4/c1-26-16-6-7-17(20(14-16)28-3)18-10-12-24-22(25-18)23-11-9-15-5-8-19(27-2)21(13-15)29-4/h5-8,10,12-14H,9,11H2,1-4H3,(H,23,24,25). The molecule has 1 N–H and O–H groups in total. The van der Waals surface area contributed by atoms with E-state index < -0.39 is 0 Å². The van der Waals surface area contributed by atoms with Crippen molar-refractivity contribution in [2.75, 3.05) is 40.3 Å². The van der Waals surface area contributed by atoms with Crippen LogP contribution in [-0.2, 0) is 6.42 Å². The summed E-state index contributed by atoms with van der Waals surface area (Å²) in [6.45, 7) is 0.679. The molecule has 152 valence electrons. The van der Waals surface area contributed by atoms with E-state index in [0.29, 0.717) is 24.0 Å². The smallest absolute Gasteiger partial charge is 0.223 e. The minimum atomic E-state index is 0.556. The first-order valence-electron chi connectivity index (χ1n) is 9.18. The Kier molecular flexibility index (Phi) is 6.73. The van der Waals surface area contributed by atoms with Crippen molar-refractivity contribution in [1.29, 1.82) is 0 Å². The highest BCUT2D eigenvalue weighted by Crippen LogP contribution is 2.32. The van der Waals surface area contributed by atoms with Gasteiger partial charge in [0.1, 0.15) is 11.5 Å². The van der Waals surface area contributed by atoms with Gasteiger partial charge in [0.2, 0.25) is 5.95 Å². The highest BCUT2D eigenvalue weighted by molar-refractivity contribution is 5.69. The summed E-state index contributed by atoms with van der Waals surface area (Å²) in [5.41, 5.74) is 2.77. The Morgan fingerprint density at radius 2 is 1.59 bits per heavy atom. The maximum absolute atomic E-state index is 5.48. The summed E-state index contributed by atoms with van der Waals surface area (Å²) in [4.78, 5) is 8.93. The molecule has 0 saturated heterocycles. The van der Waals surface area contributed by atoms with Crippen molar-refractivity contribution in [2.24, 2.45) is 0 Å². The van der Waals surface area contributed by atoms with E-state index in [0.717, 1.165) is 34.7 Å². The van der Waals surface area contributed by atoms with Crippen LogP contribution in [-0.4, -0.2) is 45.0 Å². The Labute approximate surface area is 170 Å². The Balaban J connectivity index is 1.69. The largest absolute Gasteiger partial charge is 0.497 e. The van der Waals surface area contributed by atoms with E-state index in [-0.39, 0.29) is 0 Å². The molecule has 2 aromatic carbocycles. The molecule has 0 aliphatic heterocycles. The van der Waals surface area contributed by atoms with Crippen LogP contribution in [0.3, 0.4) is 0 Å². The van der Waals surface area contributed by atoms with Crippen LogP contribution >= 0.6 is 0 Å². The zero-order valence-corrected chi connectivity index (χ0v) is 17.1. The maximum Gasteiger partial charge on any atom is 0.223 e. The molecule has 3 rings (SSSR count). The molecule has 0 aliphatic rings. The SMILES string of the molecule is COc1ccc(-c2ccnc(NCCc3ccc(OC)c(OC)c3)n2)c(OC)c1. The summed E-state index contributed by atoms with van der Waals surface area (Å²) in [5.74, 6) is 3.41. The molecule has 3 aromatic rings. The van der Waals surface area contributed by atoms with Crippen LogP contribution in [0.15, 0.2) is 48.7 Å². The van der Waals surface area contributed by atoms with Gasteiger partial charge in [0, 0.05) is 24.4 Å². The molecule has 0 fully saturated rings. The van der Waals surface area contributed by atoms with E-state index in [1.165, 1.54) is 0 Å². The molecule has 29 heavy (non-hydrogen) atoms. The van der Waals surface area contributed by atoms with Crippen molar-refractivity contribution in [3.05, 3.63) is 54.2 Å². The quantitative estimate of drug-likeness (QED) is 0.590. The van der Waals surface area contributed by atoms with Crippen molar-refractivity contribution in [1.82, 2.24) is 9.97 Å². The van der Waals surface area contributed by atoms with Gasteiger partial charge >= 0.3 is 0 Å². The van der Waals surface area contributed by atoms with Crippen molar-refractivity contribution in [3.8, 4) is 34.3 Å². The first-order valence-corrected chi connectivity index (χ1v) is 9.18. The second-order valence-electron chi connectivity index (χ2n) is 6.20. The maximum atomic E-state index is 5.48. The number of hydrogen-bond donors (Lipinski definition) is 1.